The van der Waals surface area contributed by atoms with E-state index in [0.717, 1.165) is 0 Å². The summed E-state index contributed by atoms with van der Waals surface area (Å²) in [6.07, 6.45) is -2.42. The van der Waals surface area contributed by atoms with Gasteiger partial charge in [0, 0.05) is 4.91 Å². The van der Waals surface area contributed by atoms with E-state index in [1.54, 1.807) is 0 Å². The molecule has 0 amide bonds. The molecule has 2 rings (SSSR count). The highest BCUT2D eigenvalue weighted by atomic mass is 19.1. The molecule has 2 heterocycles. The number of nitrogens with zero attached hydrogens (tertiary/aromatic N) is 5. The Hall–Kier alpha value is -2.19. The topological polar surface area (TPSA) is 130 Å². The fourth-order valence-corrected chi connectivity index (χ4v) is 2.50. The van der Waals surface area contributed by atoms with Gasteiger partial charge in [0.25, 0.3) is 0 Å². The number of halogens is 1. The van der Waals surface area contributed by atoms with E-state index in [-0.39, 0.29) is 23.5 Å². The Morgan fingerprint density at radius 1 is 1.62 bits per heavy atom. The van der Waals surface area contributed by atoms with E-state index in [1.165, 1.54) is 13.8 Å². The van der Waals surface area contributed by atoms with Gasteiger partial charge >= 0.3 is 5.69 Å². The number of aromatic amines is 1. The first-order valence-corrected chi connectivity index (χ1v) is 6.48. The molecule has 114 valence electrons. The third kappa shape index (κ3) is 2.96. The standard InChI is InChI=1S/C11H15FN6O3/c1-5-11(18(19)20)10(16-14-5)8-4-3-7(15-17-13)9(12)6(2)21-8/h6-9H,3-4H2,1-2H3,(H,14,16)/t6-,7+,8-,9+/m0/s1. The van der Waals surface area contributed by atoms with Crippen LogP contribution in [0.25, 0.3) is 10.4 Å². The third-order valence-corrected chi connectivity index (χ3v) is 3.57. The Morgan fingerprint density at radius 2 is 2.33 bits per heavy atom. The van der Waals surface area contributed by atoms with Crippen molar-refractivity contribution in [3.8, 4) is 0 Å². The van der Waals surface area contributed by atoms with Crippen molar-refractivity contribution < 1.29 is 14.1 Å². The number of nitrogens with one attached hydrogen (secondary N) is 1. The van der Waals surface area contributed by atoms with Crippen molar-refractivity contribution in [2.75, 3.05) is 0 Å². The molecule has 0 unspecified atom stereocenters. The van der Waals surface area contributed by atoms with Gasteiger partial charge in [0.05, 0.1) is 17.1 Å². The van der Waals surface area contributed by atoms with Gasteiger partial charge in [0.15, 0.2) is 0 Å². The number of alkyl halides is 1. The van der Waals surface area contributed by atoms with Crippen molar-refractivity contribution in [2.45, 2.75) is 51.1 Å². The number of aryl methyl sites for hydroxylation is 1. The lowest BCUT2D eigenvalue weighted by molar-refractivity contribution is -0.386. The lowest BCUT2D eigenvalue weighted by Crippen LogP contribution is -2.30. The van der Waals surface area contributed by atoms with Crippen LogP contribution in [0.4, 0.5) is 10.1 Å². The van der Waals surface area contributed by atoms with Crippen LogP contribution in [0.1, 0.15) is 37.3 Å². The van der Waals surface area contributed by atoms with Crippen LogP contribution in [0.15, 0.2) is 5.11 Å². The molecule has 10 heteroatoms. The molecule has 0 aromatic carbocycles. The minimum Gasteiger partial charge on any atom is -0.366 e. The normalized spacial score (nSPS) is 29.5. The van der Waals surface area contributed by atoms with E-state index in [9.17, 15) is 14.5 Å². The number of hydrogen-bond donors (Lipinski definition) is 1. The molecular weight excluding hydrogens is 283 g/mol. The second kappa shape index (κ2) is 6.06. The van der Waals surface area contributed by atoms with Gasteiger partial charge in [-0.05, 0) is 32.2 Å². The molecule has 21 heavy (non-hydrogen) atoms. The zero-order valence-corrected chi connectivity index (χ0v) is 11.6. The van der Waals surface area contributed by atoms with Crippen LogP contribution in [0.2, 0.25) is 0 Å². The van der Waals surface area contributed by atoms with E-state index in [2.05, 4.69) is 20.2 Å². The van der Waals surface area contributed by atoms with E-state index in [1.807, 2.05) is 0 Å². The highest BCUT2D eigenvalue weighted by molar-refractivity contribution is 5.41. The Kier molecular flexibility index (Phi) is 4.39. The van der Waals surface area contributed by atoms with Crippen molar-refractivity contribution in [1.82, 2.24) is 10.2 Å². The molecule has 0 spiro atoms. The van der Waals surface area contributed by atoms with E-state index in [0.29, 0.717) is 6.42 Å². The molecule has 1 N–H and O–H groups in total. The van der Waals surface area contributed by atoms with E-state index < -0.39 is 29.3 Å². The van der Waals surface area contributed by atoms with Crippen LogP contribution in [-0.2, 0) is 4.74 Å². The fourth-order valence-electron chi connectivity index (χ4n) is 2.50. The Morgan fingerprint density at radius 3 is 2.95 bits per heavy atom. The number of H-pyrrole nitrogens is 1. The van der Waals surface area contributed by atoms with Crippen molar-refractivity contribution >= 4 is 5.69 Å². The van der Waals surface area contributed by atoms with Gasteiger partial charge in [-0.25, -0.2) is 4.39 Å². The molecule has 1 aliphatic heterocycles. The van der Waals surface area contributed by atoms with Crippen LogP contribution < -0.4 is 0 Å². The van der Waals surface area contributed by atoms with Gasteiger partial charge in [-0.3, -0.25) is 15.2 Å². The number of hydrogen-bond acceptors (Lipinski definition) is 5. The fraction of sp³-hybridized carbons (Fsp3) is 0.727. The Balaban J connectivity index is 2.30. The monoisotopic (exact) mass is 298 g/mol. The lowest BCUT2D eigenvalue weighted by Gasteiger charge is -2.20. The van der Waals surface area contributed by atoms with Crippen molar-refractivity contribution in [1.29, 1.82) is 0 Å². The molecule has 0 aliphatic carbocycles. The largest absolute Gasteiger partial charge is 0.366 e. The second-order valence-corrected chi connectivity index (χ2v) is 4.95. The molecule has 1 aromatic heterocycles. The van der Waals surface area contributed by atoms with Gasteiger partial charge in [-0.2, -0.15) is 5.10 Å². The summed E-state index contributed by atoms with van der Waals surface area (Å²) in [5.74, 6) is 0. The summed E-state index contributed by atoms with van der Waals surface area (Å²) < 4.78 is 19.6. The average molecular weight is 298 g/mol. The van der Waals surface area contributed by atoms with Crippen LogP contribution in [0.5, 0.6) is 0 Å². The molecule has 1 aliphatic rings. The Labute approximate surface area is 119 Å². The predicted octanol–water partition coefficient (Wildman–Crippen LogP) is 2.88. The van der Waals surface area contributed by atoms with Gasteiger partial charge in [0.2, 0.25) is 0 Å². The molecule has 0 saturated carbocycles. The minimum absolute atomic E-state index is 0.148. The molecule has 9 nitrogen and oxygen atoms in total. The first-order valence-electron chi connectivity index (χ1n) is 6.48. The summed E-state index contributed by atoms with van der Waals surface area (Å²) >= 11 is 0. The highest BCUT2D eigenvalue weighted by Crippen LogP contribution is 2.36. The van der Waals surface area contributed by atoms with Crippen LogP contribution in [-0.4, -0.2) is 33.4 Å². The number of aromatic nitrogens is 2. The summed E-state index contributed by atoms with van der Waals surface area (Å²) in [6, 6.07) is -0.835. The van der Waals surface area contributed by atoms with Gasteiger partial charge < -0.3 is 4.74 Å². The molecule has 1 fully saturated rings. The van der Waals surface area contributed by atoms with Crippen molar-refractivity contribution in [3.63, 3.8) is 0 Å². The first kappa shape index (κ1) is 15.2. The highest BCUT2D eigenvalue weighted by Gasteiger charge is 2.37. The zero-order valence-electron chi connectivity index (χ0n) is 11.6. The molecule has 4 atom stereocenters. The molecular formula is C11H15FN6O3. The second-order valence-electron chi connectivity index (χ2n) is 4.95. The van der Waals surface area contributed by atoms with Gasteiger partial charge in [-0.1, -0.05) is 5.11 Å². The SMILES string of the molecule is Cc1n[nH]c([C@@H]2CC[C@@H](N=[N+]=[N-])[C@H](F)[C@H](C)O2)c1[N+](=O)[O-]. The van der Waals surface area contributed by atoms with Gasteiger partial charge in [-0.15, -0.1) is 0 Å². The number of azide groups is 1. The summed E-state index contributed by atoms with van der Waals surface area (Å²) in [5.41, 5.74) is 8.78. The summed E-state index contributed by atoms with van der Waals surface area (Å²) in [4.78, 5) is 13.2. The zero-order chi connectivity index (χ0) is 15.6. The summed E-state index contributed by atoms with van der Waals surface area (Å²) in [6.45, 7) is 3.02. The molecule has 0 radical (unpaired) electrons. The van der Waals surface area contributed by atoms with Gasteiger partial charge in [0.1, 0.15) is 23.7 Å². The smallest absolute Gasteiger partial charge is 0.315 e. The number of rotatable bonds is 3. The number of ether oxygens (including phenoxy) is 1. The molecule has 0 bridgehead atoms. The summed E-state index contributed by atoms with van der Waals surface area (Å²) in [7, 11) is 0. The van der Waals surface area contributed by atoms with Crippen molar-refractivity contribution in [2.24, 2.45) is 5.11 Å². The van der Waals surface area contributed by atoms with Crippen molar-refractivity contribution in [3.05, 3.63) is 31.9 Å². The summed E-state index contributed by atoms with van der Waals surface area (Å²) in [5, 5.41) is 20.9. The first-order chi connectivity index (χ1) is 9.95. The third-order valence-electron chi connectivity index (χ3n) is 3.57. The van der Waals surface area contributed by atoms with E-state index in [4.69, 9.17) is 10.3 Å². The lowest BCUT2D eigenvalue weighted by atomic mass is 10.0. The predicted molar refractivity (Wildman–Crippen MR) is 70.3 cm³/mol. The van der Waals surface area contributed by atoms with Crippen LogP contribution in [0, 0.1) is 17.0 Å². The maximum Gasteiger partial charge on any atom is 0.315 e. The maximum absolute atomic E-state index is 14.1. The van der Waals surface area contributed by atoms with E-state index >= 15 is 0 Å². The average Bonchev–Trinajstić information content (AvgIpc) is 2.76. The molecule has 1 saturated heterocycles. The Bertz CT molecular complexity index is 585. The minimum atomic E-state index is -1.45. The van der Waals surface area contributed by atoms with Crippen LogP contribution >= 0.6 is 0 Å². The molecule has 1 aromatic rings. The number of nitro groups is 1. The maximum atomic E-state index is 14.1. The van der Waals surface area contributed by atoms with Crippen LogP contribution in [0.3, 0.4) is 0 Å². The quantitative estimate of drug-likeness (QED) is 0.302.